The van der Waals surface area contributed by atoms with Crippen molar-refractivity contribution in [1.82, 2.24) is 10.3 Å². The second-order valence-corrected chi connectivity index (χ2v) is 5.67. The average Bonchev–Trinajstić information content (AvgIpc) is 2.54. The second kappa shape index (κ2) is 7.55. The molecule has 1 aromatic carbocycles. The van der Waals surface area contributed by atoms with Gasteiger partial charge in [-0.25, -0.2) is 0 Å². The van der Waals surface area contributed by atoms with Crippen molar-refractivity contribution >= 4 is 12.0 Å². The van der Waals surface area contributed by atoms with Crippen LogP contribution in [0.2, 0.25) is 0 Å². The lowest BCUT2D eigenvalue weighted by molar-refractivity contribution is -0.117. The fourth-order valence-electron chi connectivity index (χ4n) is 2.14. The first-order chi connectivity index (χ1) is 10.6. The van der Waals surface area contributed by atoms with E-state index >= 15 is 0 Å². The fourth-order valence-corrected chi connectivity index (χ4v) is 2.14. The molecule has 22 heavy (non-hydrogen) atoms. The van der Waals surface area contributed by atoms with Crippen LogP contribution in [0.5, 0.6) is 0 Å². The number of carbonyl (C=O) groups excluding carboxylic acids is 1. The van der Waals surface area contributed by atoms with Gasteiger partial charge in [-0.05, 0) is 41.7 Å². The number of nitrogens with one attached hydrogen (secondary N) is 1. The smallest absolute Gasteiger partial charge is 0.244 e. The van der Waals surface area contributed by atoms with Gasteiger partial charge in [-0.3, -0.25) is 9.78 Å². The molecule has 0 radical (unpaired) electrons. The van der Waals surface area contributed by atoms with E-state index in [2.05, 4.69) is 36.3 Å². The van der Waals surface area contributed by atoms with E-state index in [0.717, 1.165) is 11.1 Å². The maximum Gasteiger partial charge on any atom is 0.244 e. The number of nitrogens with zero attached hydrogens (tertiary/aromatic N) is 1. The van der Waals surface area contributed by atoms with E-state index in [-0.39, 0.29) is 11.9 Å². The molecule has 0 saturated heterocycles. The molecule has 0 spiro atoms. The monoisotopic (exact) mass is 294 g/mol. The van der Waals surface area contributed by atoms with Gasteiger partial charge < -0.3 is 5.32 Å². The molecule has 114 valence electrons. The van der Waals surface area contributed by atoms with Gasteiger partial charge in [0.05, 0.1) is 6.04 Å². The van der Waals surface area contributed by atoms with Crippen LogP contribution in [0.25, 0.3) is 6.08 Å². The normalized spacial score (nSPS) is 12.5. The van der Waals surface area contributed by atoms with Crippen LogP contribution in [0, 0.1) is 0 Å². The average molecular weight is 294 g/mol. The fraction of sp³-hybridized carbons (Fsp3) is 0.263. The number of hydrogen-bond donors (Lipinski definition) is 1. The maximum atomic E-state index is 12.0. The number of carbonyl (C=O) groups is 1. The van der Waals surface area contributed by atoms with E-state index in [9.17, 15) is 4.79 Å². The standard InChI is InChI=1S/C19H22N2O/c1-14(2)17-9-6-16(7-10-17)8-11-19(22)21-15(3)18-5-4-12-20-13-18/h4-15H,1-3H3,(H,21,22)/b11-8+. The number of hydrogen-bond acceptors (Lipinski definition) is 2. The highest BCUT2D eigenvalue weighted by atomic mass is 16.1. The van der Waals surface area contributed by atoms with Crippen LogP contribution >= 0.6 is 0 Å². The van der Waals surface area contributed by atoms with Crippen LogP contribution in [-0.2, 0) is 4.79 Å². The van der Waals surface area contributed by atoms with Crippen molar-refractivity contribution in [2.45, 2.75) is 32.7 Å². The number of rotatable bonds is 5. The lowest BCUT2D eigenvalue weighted by Crippen LogP contribution is -2.24. The number of benzene rings is 1. The van der Waals surface area contributed by atoms with E-state index < -0.39 is 0 Å². The van der Waals surface area contributed by atoms with Crippen LogP contribution in [0.4, 0.5) is 0 Å². The van der Waals surface area contributed by atoms with Crippen molar-refractivity contribution in [3.8, 4) is 0 Å². The highest BCUT2D eigenvalue weighted by Crippen LogP contribution is 2.15. The van der Waals surface area contributed by atoms with Gasteiger partial charge in [-0.2, -0.15) is 0 Å². The van der Waals surface area contributed by atoms with Gasteiger partial charge in [0, 0.05) is 18.5 Å². The summed E-state index contributed by atoms with van der Waals surface area (Å²) < 4.78 is 0. The Morgan fingerprint density at radius 3 is 2.41 bits per heavy atom. The molecule has 1 heterocycles. The quantitative estimate of drug-likeness (QED) is 0.844. The summed E-state index contributed by atoms with van der Waals surface area (Å²) in [5, 5.41) is 2.93. The molecule has 1 aromatic heterocycles. The summed E-state index contributed by atoms with van der Waals surface area (Å²) in [4.78, 5) is 16.0. The molecule has 3 nitrogen and oxygen atoms in total. The molecule has 0 aliphatic heterocycles. The van der Waals surface area contributed by atoms with E-state index in [1.165, 1.54) is 5.56 Å². The summed E-state index contributed by atoms with van der Waals surface area (Å²) in [5.74, 6) is 0.408. The van der Waals surface area contributed by atoms with Gasteiger partial charge in [0.15, 0.2) is 0 Å². The molecule has 0 fully saturated rings. The van der Waals surface area contributed by atoms with Gasteiger partial charge in [0.1, 0.15) is 0 Å². The number of amides is 1. The van der Waals surface area contributed by atoms with Crippen molar-refractivity contribution in [3.05, 3.63) is 71.6 Å². The molecular formula is C19H22N2O. The van der Waals surface area contributed by atoms with E-state index in [0.29, 0.717) is 5.92 Å². The Kier molecular flexibility index (Phi) is 5.48. The summed E-state index contributed by atoms with van der Waals surface area (Å²) in [5.41, 5.74) is 3.31. The SMILES string of the molecule is CC(C)c1ccc(/C=C/C(=O)NC(C)c2cccnc2)cc1. The van der Waals surface area contributed by atoms with Crippen LogP contribution in [0.3, 0.4) is 0 Å². The lowest BCUT2D eigenvalue weighted by atomic mass is 10.0. The zero-order chi connectivity index (χ0) is 15.9. The van der Waals surface area contributed by atoms with Crippen LogP contribution in [0.15, 0.2) is 54.9 Å². The Hall–Kier alpha value is -2.42. The molecule has 1 N–H and O–H groups in total. The summed E-state index contributed by atoms with van der Waals surface area (Å²) >= 11 is 0. The first-order valence-electron chi connectivity index (χ1n) is 7.54. The molecule has 1 unspecified atom stereocenters. The minimum absolute atomic E-state index is 0.0610. The Balaban J connectivity index is 1.93. The second-order valence-electron chi connectivity index (χ2n) is 5.67. The van der Waals surface area contributed by atoms with Gasteiger partial charge in [0.25, 0.3) is 0 Å². The molecule has 2 rings (SSSR count). The molecule has 2 aromatic rings. The van der Waals surface area contributed by atoms with Gasteiger partial charge in [-0.15, -0.1) is 0 Å². The lowest BCUT2D eigenvalue weighted by Gasteiger charge is -2.12. The molecule has 1 amide bonds. The van der Waals surface area contributed by atoms with Crippen LogP contribution in [0.1, 0.15) is 49.4 Å². The van der Waals surface area contributed by atoms with Gasteiger partial charge in [0.2, 0.25) is 5.91 Å². The molecule has 0 bridgehead atoms. The summed E-state index contributed by atoms with van der Waals surface area (Å²) in [6, 6.07) is 12.0. The minimum atomic E-state index is -0.107. The van der Waals surface area contributed by atoms with Crippen LogP contribution in [-0.4, -0.2) is 10.9 Å². The number of pyridine rings is 1. The first kappa shape index (κ1) is 16.0. The summed E-state index contributed by atoms with van der Waals surface area (Å²) in [6.07, 6.45) is 6.88. The third-order valence-corrected chi connectivity index (χ3v) is 3.57. The molecule has 0 saturated carbocycles. The Morgan fingerprint density at radius 1 is 1.09 bits per heavy atom. The topological polar surface area (TPSA) is 42.0 Å². The van der Waals surface area contributed by atoms with Crippen molar-refractivity contribution < 1.29 is 4.79 Å². The van der Waals surface area contributed by atoms with Crippen molar-refractivity contribution in [2.24, 2.45) is 0 Å². The van der Waals surface area contributed by atoms with E-state index in [1.807, 2.05) is 37.3 Å². The third-order valence-electron chi connectivity index (χ3n) is 3.57. The maximum absolute atomic E-state index is 12.0. The Labute approximate surface area is 132 Å². The largest absolute Gasteiger partial charge is 0.346 e. The molecule has 0 aliphatic carbocycles. The minimum Gasteiger partial charge on any atom is -0.346 e. The van der Waals surface area contributed by atoms with Gasteiger partial charge in [-0.1, -0.05) is 44.2 Å². The molecule has 3 heteroatoms. The summed E-state index contributed by atoms with van der Waals surface area (Å²) in [6.45, 7) is 6.27. The highest BCUT2D eigenvalue weighted by Gasteiger charge is 2.06. The Morgan fingerprint density at radius 2 is 1.82 bits per heavy atom. The number of aromatic nitrogens is 1. The zero-order valence-electron chi connectivity index (χ0n) is 13.3. The highest BCUT2D eigenvalue weighted by molar-refractivity contribution is 5.91. The molecular weight excluding hydrogens is 272 g/mol. The first-order valence-corrected chi connectivity index (χ1v) is 7.54. The van der Waals surface area contributed by atoms with Crippen molar-refractivity contribution in [1.29, 1.82) is 0 Å². The van der Waals surface area contributed by atoms with Crippen molar-refractivity contribution in [2.75, 3.05) is 0 Å². The summed E-state index contributed by atoms with van der Waals surface area (Å²) in [7, 11) is 0. The Bertz CT molecular complexity index is 630. The zero-order valence-corrected chi connectivity index (χ0v) is 13.3. The molecule has 1 atom stereocenters. The van der Waals surface area contributed by atoms with Crippen LogP contribution < -0.4 is 5.32 Å². The third kappa shape index (κ3) is 4.55. The van der Waals surface area contributed by atoms with E-state index in [1.54, 1.807) is 18.5 Å². The van der Waals surface area contributed by atoms with E-state index in [4.69, 9.17) is 0 Å². The predicted molar refractivity (Wildman–Crippen MR) is 90.4 cm³/mol. The predicted octanol–water partition coefficient (Wildman–Crippen LogP) is 4.10. The molecule has 0 aliphatic rings. The van der Waals surface area contributed by atoms with Crippen molar-refractivity contribution in [3.63, 3.8) is 0 Å². The van der Waals surface area contributed by atoms with Gasteiger partial charge >= 0.3 is 0 Å².